The summed E-state index contributed by atoms with van der Waals surface area (Å²) in [5.41, 5.74) is 1.23. The first-order valence-electron chi connectivity index (χ1n) is 10.2. The van der Waals surface area contributed by atoms with Crippen LogP contribution in [0.5, 0.6) is 0 Å². The molecule has 1 saturated heterocycles. The van der Waals surface area contributed by atoms with Gasteiger partial charge in [0.05, 0.1) is 0 Å². The topological polar surface area (TPSA) is 81.8 Å². The number of carbonyl (C=O) groups excluding carboxylic acids is 3. The molecule has 0 unspecified atom stereocenters. The Bertz CT molecular complexity index is 654. The smallest absolute Gasteiger partial charge is 0.253 e. The molecule has 28 heavy (non-hydrogen) atoms. The minimum atomic E-state index is -0.147. The zero-order valence-corrected chi connectivity index (χ0v) is 17.0. The highest BCUT2D eigenvalue weighted by molar-refractivity contribution is 5.95. The molecule has 1 aromatic rings. The Morgan fingerprint density at radius 2 is 1.75 bits per heavy atom. The highest BCUT2D eigenvalue weighted by Gasteiger charge is 2.20. The van der Waals surface area contributed by atoms with E-state index in [1.165, 1.54) is 6.92 Å². The van der Waals surface area contributed by atoms with Gasteiger partial charge in [0.25, 0.3) is 5.91 Å². The van der Waals surface area contributed by atoms with Crippen molar-refractivity contribution < 1.29 is 14.4 Å². The van der Waals surface area contributed by atoms with Gasteiger partial charge in [0, 0.05) is 63.9 Å². The molecule has 1 aliphatic heterocycles. The maximum atomic E-state index is 13.0. The first kappa shape index (κ1) is 21.9. The number of piperazine rings is 1. The van der Waals surface area contributed by atoms with Gasteiger partial charge in [-0.2, -0.15) is 0 Å². The van der Waals surface area contributed by atoms with Gasteiger partial charge < -0.3 is 20.4 Å². The van der Waals surface area contributed by atoms with Crippen molar-refractivity contribution in [3.05, 3.63) is 29.8 Å². The van der Waals surface area contributed by atoms with E-state index < -0.39 is 0 Å². The van der Waals surface area contributed by atoms with Crippen LogP contribution >= 0.6 is 0 Å². The molecule has 7 nitrogen and oxygen atoms in total. The van der Waals surface area contributed by atoms with Crippen LogP contribution in [-0.4, -0.2) is 66.8 Å². The summed E-state index contributed by atoms with van der Waals surface area (Å²) < 4.78 is 0. The van der Waals surface area contributed by atoms with Crippen molar-refractivity contribution in [2.24, 2.45) is 0 Å². The summed E-state index contributed by atoms with van der Waals surface area (Å²) >= 11 is 0. The van der Waals surface area contributed by atoms with E-state index in [0.717, 1.165) is 45.4 Å². The van der Waals surface area contributed by atoms with E-state index in [9.17, 15) is 14.4 Å². The fraction of sp³-hybridized carbons (Fsp3) is 0.571. The van der Waals surface area contributed by atoms with Gasteiger partial charge >= 0.3 is 0 Å². The van der Waals surface area contributed by atoms with Gasteiger partial charge in [0.15, 0.2) is 0 Å². The van der Waals surface area contributed by atoms with Crippen LogP contribution < -0.4 is 10.6 Å². The molecule has 2 N–H and O–H groups in total. The van der Waals surface area contributed by atoms with Crippen LogP contribution in [-0.2, 0) is 9.59 Å². The Kier molecular flexibility index (Phi) is 8.94. The molecule has 0 aliphatic carbocycles. The third-order valence-corrected chi connectivity index (χ3v) is 4.84. The predicted octanol–water partition coefficient (Wildman–Crippen LogP) is 2.10. The molecule has 0 radical (unpaired) electrons. The van der Waals surface area contributed by atoms with Crippen LogP contribution in [0.4, 0.5) is 5.69 Å². The molecule has 0 bridgehead atoms. The van der Waals surface area contributed by atoms with E-state index in [1.54, 1.807) is 29.2 Å². The molecular formula is C21H32N4O3. The summed E-state index contributed by atoms with van der Waals surface area (Å²) in [4.78, 5) is 40.2. The maximum absolute atomic E-state index is 13.0. The van der Waals surface area contributed by atoms with Crippen LogP contribution in [0.2, 0.25) is 0 Å². The summed E-state index contributed by atoms with van der Waals surface area (Å²) in [6, 6.07) is 6.90. The average molecular weight is 389 g/mol. The first-order chi connectivity index (χ1) is 13.5. The van der Waals surface area contributed by atoms with Crippen molar-refractivity contribution in [3.63, 3.8) is 0 Å². The Hall–Kier alpha value is -2.41. The lowest BCUT2D eigenvalue weighted by molar-refractivity contribution is -0.132. The number of nitrogens with one attached hydrogen (secondary N) is 2. The fourth-order valence-electron chi connectivity index (χ4n) is 3.25. The second kappa shape index (κ2) is 11.4. The van der Waals surface area contributed by atoms with Gasteiger partial charge in [-0.15, -0.1) is 0 Å². The Labute approximate surface area is 167 Å². The number of benzene rings is 1. The molecule has 3 amide bonds. The second-order valence-electron chi connectivity index (χ2n) is 7.14. The van der Waals surface area contributed by atoms with Crippen molar-refractivity contribution in [1.29, 1.82) is 0 Å². The Balaban J connectivity index is 1.98. The normalized spacial score (nSPS) is 13.9. The third-order valence-electron chi connectivity index (χ3n) is 4.84. The van der Waals surface area contributed by atoms with E-state index in [4.69, 9.17) is 0 Å². The molecule has 1 aromatic carbocycles. The maximum Gasteiger partial charge on any atom is 0.253 e. The molecule has 7 heteroatoms. The van der Waals surface area contributed by atoms with Gasteiger partial charge in [0.2, 0.25) is 11.8 Å². The van der Waals surface area contributed by atoms with E-state index in [2.05, 4.69) is 17.6 Å². The average Bonchev–Trinajstić information content (AvgIpc) is 2.70. The van der Waals surface area contributed by atoms with E-state index in [-0.39, 0.29) is 17.7 Å². The largest absolute Gasteiger partial charge is 0.340 e. The molecule has 0 saturated carbocycles. The first-order valence-corrected chi connectivity index (χ1v) is 10.2. The van der Waals surface area contributed by atoms with E-state index in [0.29, 0.717) is 30.8 Å². The minimum absolute atomic E-state index is 0.0708. The number of unbranched alkanes of at least 4 members (excludes halogenated alkanes) is 2. The van der Waals surface area contributed by atoms with Crippen molar-refractivity contribution >= 4 is 23.4 Å². The van der Waals surface area contributed by atoms with Crippen LogP contribution in [0.3, 0.4) is 0 Å². The van der Waals surface area contributed by atoms with Gasteiger partial charge in [-0.05, 0) is 30.7 Å². The minimum Gasteiger partial charge on any atom is -0.340 e. The lowest BCUT2D eigenvalue weighted by atomic mass is 10.1. The van der Waals surface area contributed by atoms with Crippen LogP contribution in [0.1, 0.15) is 49.9 Å². The van der Waals surface area contributed by atoms with Crippen molar-refractivity contribution in [2.45, 2.75) is 39.5 Å². The summed E-state index contributed by atoms with van der Waals surface area (Å²) in [5, 5.41) is 5.94. The second-order valence-corrected chi connectivity index (χ2v) is 7.14. The molecule has 1 aliphatic rings. The molecule has 0 aromatic heterocycles. The molecule has 154 valence electrons. The van der Waals surface area contributed by atoms with Crippen molar-refractivity contribution in [2.75, 3.05) is 44.6 Å². The summed E-state index contributed by atoms with van der Waals surface area (Å²) in [7, 11) is 0. The number of nitrogens with zero attached hydrogens (tertiary/aromatic N) is 2. The van der Waals surface area contributed by atoms with Gasteiger partial charge in [0.1, 0.15) is 0 Å². The number of anilines is 1. The molecule has 0 atom stereocenters. The number of amides is 3. The van der Waals surface area contributed by atoms with E-state index in [1.807, 2.05) is 4.90 Å². The number of rotatable bonds is 9. The highest BCUT2D eigenvalue weighted by atomic mass is 16.2. The molecule has 1 heterocycles. The van der Waals surface area contributed by atoms with Crippen LogP contribution in [0.15, 0.2) is 24.3 Å². The summed E-state index contributed by atoms with van der Waals surface area (Å²) in [6.07, 6.45) is 3.40. The van der Waals surface area contributed by atoms with Crippen LogP contribution in [0, 0.1) is 0 Å². The molecule has 0 spiro atoms. The van der Waals surface area contributed by atoms with E-state index >= 15 is 0 Å². The lowest BCUT2D eigenvalue weighted by Crippen LogP contribution is -2.47. The van der Waals surface area contributed by atoms with Gasteiger partial charge in [-0.25, -0.2) is 0 Å². The standard InChI is InChI=1S/C21H32N4O3/c1-3-4-5-13-25(14-10-20(27)24-15-11-22-12-16-24)21(28)18-6-8-19(9-7-18)23-17(2)26/h6-9,22H,3-5,10-16H2,1-2H3,(H,23,26). The third kappa shape index (κ3) is 6.96. The SMILES string of the molecule is CCCCCN(CCC(=O)N1CCNCC1)C(=O)c1ccc(NC(C)=O)cc1. The highest BCUT2D eigenvalue weighted by Crippen LogP contribution is 2.13. The zero-order valence-electron chi connectivity index (χ0n) is 17.0. The number of carbonyl (C=O) groups is 3. The monoisotopic (exact) mass is 388 g/mol. The van der Waals surface area contributed by atoms with Crippen molar-refractivity contribution in [1.82, 2.24) is 15.1 Å². The number of hydrogen-bond acceptors (Lipinski definition) is 4. The van der Waals surface area contributed by atoms with Gasteiger partial charge in [-0.1, -0.05) is 19.8 Å². The predicted molar refractivity (Wildman–Crippen MR) is 110 cm³/mol. The van der Waals surface area contributed by atoms with Crippen LogP contribution in [0.25, 0.3) is 0 Å². The summed E-state index contributed by atoms with van der Waals surface area (Å²) in [5.74, 6) is -0.110. The molecule has 2 rings (SSSR count). The zero-order chi connectivity index (χ0) is 20.4. The quantitative estimate of drug-likeness (QED) is 0.635. The molecule has 1 fully saturated rings. The fourth-order valence-corrected chi connectivity index (χ4v) is 3.25. The van der Waals surface area contributed by atoms with Gasteiger partial charge in [-0.3, -0.25) is 14.4 Å². The molecular weight excluding hydrogens is 356 g/mol. The number of hydrogen-bond donors (Lipinski definition) is 2. The lowest BCUT2D eigenvalue weighted by Gasteiger charge is -2.29. The Morgan fingerprint density at radius 1 is 1.07 bits per heavy atom. The van der Waals surface area contributed by atoms with Crippen molar-refractivity contribution in [3.8, 4) is 0 Å². The Morgan fingerprint density at radius 3 is 2.36 bits per heavy atom. The summed E-state index contributed by atoms with van der Waals surface area (Å²) in [6.45, 7) is 7.76.